The lowest BCUT2D eigenvalue weighted by Crippen LogP contribution is -2.55. The molecule has 4 rings (SSSR count). The highest BCUT2D eigenvalue weighted by Crippen LogP contribution is 2.60. The van der Waals surface area contributed by atoms with Crippen molar-refractivity contribution in [1.82, 2.24) is 5.32 Å². The maximum atomic E-state index is 11.9. The summed E-state index contributed by atoms with van der Waals surface area (Å²) in [5.74, 6) is 0.600. The molecule has 3 aliphatic carbocycles. The maximum Gasteiger partial charge on any atom is 0.258 e. The van der Waals surface area contributed by atoms with Gasteiger partial charge in [0.15, 0.2) is 6.61 Å². The minimum absolute atomic E-state index is 0.00217. The summed E-state index contributed by atoms with van der Waals surface area (Å²) in [6.45, 7) is 4.24. The lowest BCUT2D eigenvalue weighted by molar-refractivity contribution is -0.126. The summed E-state index contributed by atoms with van der Waals surface area (Å²) in [5.41, 5.74) is 0.229. The first-order valence-electron chi connectivity index (χ1n) is 6.54. The quantitative estimate of drug-likeness (QED) is 0.919. The van der Waals surface area contributed by atoms with Crippen LogP contribution in [0.5, 0.6) is 5.75 Å². The molecular weight excluding hydrogens is 262 g/mol. The Balaban J connectivity index is 1.49. The number of halogens is 1. The van der Waals surface area contributed by atoms with Gasteiger partial charge in [0.05, 0.1) is 0 Å². The molecule has 1 aromatic carbocycles. The van der Waals surface area contributed by atoms with Gasteiger partial charge in [-0.25, -0.2) is 0 Å². The van der Waals surface area contributed by atoms with Crippen LogP contribution < -0.4 is 10.1 Å². The molecule has 0 unspecified atom stereocenters. The summed E-state index contributed by atoms with van der Waals surface area (Å²) in [6.07, 6.45) is 4.17. The molecule has 0 spiro atoms. The zero-order valence-electron chi connectivity index (χ0n) is 10.7. The van der Waals surface area contributed by atoms with Crippen molar-refractivity contribution in [2.24, 2.45) is 5.41 Å². The van der Waals surface area contributed by atoms with Gasteiger partial charge in [-0.3, -0.25) is 4.79 Å². The third-order valence-corrected chi connectivity index (χ3v) is 4.40. The number of amides is 1. The molecule has 4 heteroatoms. The Bertz CT molecular complexity index is 491. The molecule has 1 aromatic rings. The van der Waals surface area contributed by atoms with Gasteiger partial charge in [0.2, 0.25) is 0 Å². The van der Waals surface area contributed by atoms with Gasteiger partial charge in [-0.2, -0.15) is 0 Å². The average Bonchev–Trinajstić information content (AvgIpc) is 2.81. The van der Waals surface area contributed by atoms with Gasteiger partial charge in [-0.05, 0) is 62.3 Å². The molecule has 3 fully saturated rings. The first kappa shape index (κ1) is 12.8. The predicted molar refractivity (Wildman–Crippen MR) is 74.1 cm³/mol. The number of benzene rings is 1. The molecule has 101 valence electrons. The fraction of sp³-hybridized carbons (Fsp3) is 0.467. The zero-order valence-corrected chi connectivity index (χ0v) is 11.5. The Labute approximate surface area is 118 Å². The van der Waals surface area contributed by atoms with E-state index in [0.717, 1.165) is 25.7 Å². The van der Waals surface area contributed by atoms with Crippen LogP contribution in [0, 0.1) is 12.3 Å². The molecule has 3 saturated carbocycles. The van der Waals surface area contributed by atoms with E-state index in [0.29, 0.717) is 10.8 Å². The molecule has 0 aliphatic heterocycles. The number of carbonyl (C=O) groups is 1. The van der Waals surface area contributed by atoms with E-state index in [-0.39, 0.29) is 23.5 Å². The van der Waals surface area contributed by atoms with Crippen molar-refractivity contribution in [2.75, 3.05) is 6.61 Å². The molecule has 1 amide bonds. The van der Waals surface area contributed by atoms with Crippen LogP contribution in [0.2, 0.25) is 5.02 Å². The van der Waals surface area contributed by atoms with Crippen LogP contribution in [-0.4, -0.2) is 18.1 Å². The Hall–Kier alpha value is -1.22. The van der Waals surface area contributed by atoms with Crippen molar-refractivity contribution >= 4 is 17.5 Å². The largest absolute Gasteiger partial charge is 0.484 e. The minimum atomic E-state index is -0.0566. The summed E-state index contributed by atoms with van der Waals surface area (Å²) >= 11 is 5.78. The molecule has 1 radical (unpaired) electrons. The monoisotopic (exact) mass is 278 g/mol. The van der Waals surface area contributed by atoms with Crippen molar-refractivity contribution < 1.29 is 9.53 Å². The van der Waals surface area contributed by atoms with Gasteiger partial charge in [0.1, 0.15) is 5.75 Å². The highest BCUT2D eigenvalue weighted by molar-refractivity contribution is 6.30. The standard InChI is InChI=1S/C15H17ClNO2/c1-14-6-7-15(9-14,10-14)17-13(18)8-19-12-4-2-11(16)3-5-12/h2-5H,1,6-10H2,(H,17,18). The van der Waals surface area contributed by atoms with Gasteiger partial charge < -0.3 is 10.1 Å². The van der Waals surface area contributed by atoms with E-state index in [1.807, 2.05) is 0 Å². The van der Waals surface area contributed by atoms with Crippen LogP contribution in [0.3, 0.4) is 0 Å². The third kappa shape index (κ3) is 2.57. The lowest BCUT2D eigenvalue weighted by atomic mass is 9.66. The van der Waals surface area contributed by atoms with Crippen molar-refractivity contribution in [1.29, 1.82) is 0 Å². The number of carbonyl (C=O) groups excluding carboxylic acids is 1. The highest BCUT2D eigenvalue weighted by Gasteiger charge is 2.58. The Morgan fingerprint density at radius 1 is 1.32 bits per heavy atom. The molecule has 0 saturated heterocycles. The molecule has 0 aromatic heterocycles. The molecule has 1 N–H and O–H groups in total. The van der Waals surface area contributed by atoms with Crippen molar-refractivity contribution in [2.45, 2.75) is 31.2 Å². The van der Waals surface area contributed by atoms with Crippen LogP contribution in [0.25, 0.3) is 0 Å². The zero-order chi connectivity index (χ0) is 13.5. The molecule has 0 atom stereocenters. The Morgan fingerprint density at radius 3 is 2.58 bits per heavy atom. The molecule has 0 heterocycles. The van der Waals surface area contributed by atoms with Crippen LogP contribution in [-0.2, 0) is 4.79 Å². The van der Waals surface area contributed by atoms with Gasteiger partial charge in [-0.1, -0.05) is 11.6 Å². The summed E-state index contributed by atoms with van der Waals surface area (Å²) in [6, 6.07) is 7.00. The second-order valence-electron chi connectivity index (χ2n) is 5.92. The third-order valence-electron chi connectivity index (χ3n) is 4.15. The van der Waals surface area contributed by atoms with E-state index in [2.05, 4.69) is 12.2 Å². The number of fused-ring (bicyclic) bond motifs is 1. The van der Waals surface area contributed by atoms with Crippen molar-refractivity contribution in [3.8, 4) is 5.75 Å². The number of hydrogen-bond donors (Lipinski definition) is 1. The average molecular weight is 279 g/mol. The first-order chi connectivity index (χ1) is 8.99. The minimum Gasteiger partial charge on any atom is -0.484 e. The Morgan fingerprint density at radius 2 is 2.00 bits per heavy atom. The molecule has 3 nitrogen and oxygen atoms in total. The van der Waals surface area contributed by atoms with Gasteiger partial charge in [0, 0.05) is 10.6 Å². The number of hydrogen-bond acceptors (Lipinski definition) is 2. The summed E-state index contributed by atoms with van der Waals surface area (Å²) in [5, 5.41) is 3.75. The van der Waals surface area contributed by atoms with E-state index in [1.165, 1.54) is 0 Å². The first-order valence-corrected chi connectivity index (χ1v) is 6.91. The summed E-state index contributed by atoms with van der Waals surface area (Å²) in [7, 11) is 0. The second kappa shape index (κ2) is 4.41. The van der Waals surface area contributed by atoms with E-state index in [1.54, 1.807) is 24.3 Å². The van der Waals surface area contributed by atoms with Gasteiger partial charge in [0.25, 0.3) is 5.91 Å². The predicted octanol–water partition coefficient (Wildman–Crippen LogP) is 2.98. The maximum absolute atomic E-state index is 11.9. The second-order valence-corrected chi connectivity index (χ2v) is 6.36. The van der Waals surface area contributed by atoms with E-state index < -0.39 is 0 Å². The number of nitrogens with one attached hydrogen (secondary N) is 1. The van der Waals surface area contributed by atoms with E-state index in [9.17, 15) is 4.79 Å². The van der Waals surface area contributed by atoms with Crippen molar-refractivity contribution in [3.05, 3.63) is 36.2 Å². The van der Waals surface area contributed by atoms with Crippen LogP contribution in [0.1, 0.15) is 25.7 Å². The molecule has 3 aliphatic rings. The molecule has 19 heavy (non-hydrogen) atoms. The van der Waals surface area contributed by atoms with Gasteiger partial charge >= 0.3 is 0 Å². The summed E-state index contributed by atoms with van der Waals surface area (Å²) in [4.78, 5) is 11.9. The van der Waals surface area contributed by atoms with Crippen molar-refractivity contribution in [3.63, 3.8) is 0 Å². The fourth-order valence-corrected chi connectivity index (χ4v) is 3.53. The lowest BCUT2D eigenvalue weighted by Gasteiger charge is -2.45. The smallest absolute Gasteiger partial charge is 0.258 e. The molecule has 2 bridgehead atoms. The SMILES string of the molecule is [CH2]C12CCC(NC(=O)COc3ccc(Cl)cc3)(C1)C2. The highest BCUT2D eigenvalue weighted by atomic mass is 35.5. The topological polar surface area (TPSA) is 38.3 Å². The van der Waals surface area contributed by atoms with E-state index >= 15 is 0 Å². The molecular formula is C15H17ClNO2. The fourth-order valence-electron chi connectivity index (χ4n) is 3.40. The number of rotatable bonds is 4. The van der Waals surface area contributed by atoms with Crippen LogP contribution in [0.4, 0.5) is 0 Å². The summed E-state index contributed by atoms with van der Waals surface area (Å²) < 4.78 is 5.43. The van der Waals surface area contributed by atoms with Gasteiger partial charge in [-0.15, -0.1) is 0 Å². The Kier molecular flexibility index (Phi) is 2.97. The van der Waals surface area contributed by atoms with E-state index in [4.69, 9.17) is 16.3 Å². The number of ether oxygens (including phenoxy) is 1. The van der Waals surface area contributed by atoms with Crippen LogP contribution in [0.15, 0.2) is 24.3 Å². The van der Waals surface area contributed by atoms with Crippen LogP contribution >= 0.6 is 11.6 Å². The normalized spacial score (nSPS) is 31.7.